The number of nitrogens with zero attached hydrogens (tertiary/aromatic N) is 2. The number of para-hydroxylation sites is 2. The first kappa shape index (κ1) is 22.7. The van der Waals surface area contributed by atoms with Crippen molar-refractivity contribution in [1.82, 2.24) is 9.38 Å². The molecule has 2 aromatic heterocycles. The number of ether oxygens (including phenoxy) is 3. The number of alkyl halides is 3. The third-order valence-corrected chi connectivity index (χ3v) is 4.74. The molecule has 166 valence electrons. The minimum Gasteiger partial charge on any atom is -0.493 e. The van der Waals surface area contributed by atoms with Crippen LogP contribution in [0.5, 0.6) is 11.5 Å². The van der Waals surface area contributed by atoms with Gasteiger partial charge in [-0.3, -0.25) is 4.40 Å². The van der Waals surface area contributed by atoms with Crippen molar-refractivity contribution >= 4 is 23.2 Å². The molecule has 0 aliphatic rings. The topological polar surface area (TPSA) is 62.1 Å². The van der Waals surface area contributed by atoms with Gasteiger partial charge in [0, 0.05) is 6.20 Å². The van der Waals surface area contributed by atoms with E-state index in [0.717, 1.165) is 12.3 Å². The van der Waals surface area contributed by atoms with Gasteiger partial charge in [-0.15, -0.1) is 0 Å². The van der Waals surface area contributed by atoms with E-state index in [1.165, 1.54) is 11.5 Å². The van der Waals surface area contributed by atoms with Gasteiger partial charge in [0.25, 0.3) is 0 Å². The van der Waals surface area contributed by atoms with Crippen molar-refractivity contribution in [3.63, 3.8) is 0 Å². The Labute approximate surface area is 181 Å². The van der Waals surface area contributed by atoms with Gasteiger partial charge in [-0.05, 0) is 24.1 Å². The van der Waals surface area contributed by atoms with Crippen LogP contribution in [0, 0.1) is 0 Å². The molecule has 6 nitrogen and oxygen atoms in total. The van der Waals surface area contributed by atoms with Crippen molar-refractivity contribution in [3.8, 4) is 11.5 Å². The average molecular weight is 457 g/mol. The average Bonchev–Trinajstić information content (AvgIpc) is 3.09. The molecule has 0 fully saturated rings. The van der Waals surface area contributed by atoms with E-state index in [9.17, 15) is 18.0 Å². The Morgan fingerprint density at radius 2 is 1.90 bits per heavy atom. The summed E-state index contributed by atoms with van der Waals surface area (Å²) in [6.45, 7) is 2.97. The molecule has 0 atom stereocenters. The lowest BCUT2D eigenvalue weighted by molar-refractivity contribution is -0.147. The van der Waals surface area contributed by atoms with Crippen LogP contribution in [0.1, 0.15) is 36.7 Å². The monoisotopic (exact) mass is 456 g/mol. The number of hydrogen-bond acceptors (Lipinski definition) is 5. The highest BCUT2D eigenvalue weighted by Crippen LogP contribution is 2.34. The third-order valence-electron chi connectivity index (χ3n) is 4.46. The predicted octanol–water partition coefficient (Wildman–Crippen LogP) is 5.26. The Balaban J connectivity index is 1.82. The number of fused-ring (bicyclic) bond motifs is 1. The van der Waals surface area contributed by atoms with Gasteiger partial charge in [-0.2, -0.15) is 13.2 Å². The standard InChI is InChI=1S/C21H20ClF3N2O4/c1-12(2)19-15(27-9-13(21(23,24)25)8-14(22)20(27)26-19)10-31-18(28)11-30-17-7-5-4-6-16(17)29-3/h4-9,12H,10-11H2,1-3H3. The van der Waals surface area contributed by atoms with E-state index in [1.807, 2.05) is 13.8 Å². The van der Waals surface area contributed by atoms with E-state index in [-0.39, 0.29) is 23.2 Å². The van der Waals surface area contributed by atoms with Gasteiger partial charge in [0.1, 0.15) is 6.61 Å². The van der Waals surface area contributed by atoms with Crippen molar-refractivity contribution in [2.75, 3.05) is 13.7 Å². The summed E-state index contributed by atoms with van der Waals surface area (Å²) in [5.41, 5.74) is 0.0304. The van der Waals surface area contributed by atoms with Gasteiger partial charge in [-0.1, -0.05) is 37.6 Å². The zero-order valence-corrected chi connectivity index (χ0v) is 17.8. The molecule has 0 aliphatic heterocycles. The van der Waals surface area contributed by atoms with Crippen LogP contribution in [0.25, 0.3) is 5.65 Å². The third kappa shape index (κ3) is 5.04. The fourth-order valence-corrected chi connectivity index (χ4v) is 3.25. The first-order valence-electron chi connectivity index (χ1n) is 9.30. The lowest BCUT2D eigenvalue weighted by Crippen LogP contribution is -2.16. The quantitative estimate of drug-likeness (QED) is 0.454. The number of methoxy groups -OCH3 is 1. The smallest absolute Gasteiger partial charge is 0.417 e. The molecule has 0 amide bonds. The number of benzene rings is 1. The summed E-state index contributed by atoms with van der Waals surface area (Å²) in [6.07, 6.45) is -3.69. The Morgan fingerprint density at radius 3 is 2.52 bits per heavy atom. The molecule has 0 radical (unpaired) electrons. The number of halogens is 4. The summed E-state index contributed by atoms with van der Waals surface area (Å²) in [5, 5.41) is -0.145. The SMILES string of the molecule is COc1ccccc1OCC(=O)OCc1c(C(C)C)nc2c(Cl)cc(C(F)(F)F)cn12. The number of hydrogen-bond donors (Lipinski definition) is 0. The van der Waals surface area contributed by atoms with E-state index in [0.29, 0.717) is 22.9 Å². The summed E-state index contributed by atoms with van der Waals surface area (Å²) >= 11 is 6.04. The number of aromatic nitrogens is 2. The first-order chi connectivity index (χ1) is 14.6. The number of rotatable bonds is 7. The van der Waals surface area contributed by atoms with Gasteiger partial charge in [0.2, 0.25) is 0 Å². The molecular formula is C21H20ClF3N2O4. The molecule has 3 aromatic rings. The van der Waals surface area contributed by atoms with Crippen molar-refractivity contribution < 1.29 is 32.2 Å². The summed E-state index contributed by atoms with van der Waals surface area (Å²) in [7, 11) is 1.47. The van der Waals surface area contributed by atoms with Crippen LogP contribution in [0.4, 0.5) is 13.2 Å². The summed E-state index contributed by atoms with van der Waals surface area (Å²) in [6, 6.07) is 7.61. The summed E-state index contributed by atoms with van der Waals surface area (Å²) in [4.78, 5) is 16.6. The molecule has 10 heteroatoms. The number of esters is 1. The second kappa shape index (κ2) is 9.05. The molecule has 0 spiro atoms. The highest BCUT2D eigenvalue weighted by atomic mass is 35.5. The molecule has 0 bridgehead atoms. The van der Waals surface area contributed by atoms with Gasteiger partial charge in [0.15, 0.2) is 23.8 Å². The predicted molar refractivity (Wildman–Crippen MR) is 108 cm³/mol. The van der Waals surface area contributed by atoms with E-state index in [4.69, 9.17) is 25.8 Å². The highest BCUT2D eigenvalue weighted by Gasteiger charge is 2.32. The van der Waals surface area contributed by atoms with Crippen LogP contribution in [0.15, 0.2) is 36.5 Å². The molecule has 0 N–H and O–H groups in total. The van der Waals surface area contributed by atoms with Gasteiger partial charge in [-0.25, -0.2) is 9.78 Å². The van der Waals surface area contributed by atoms with Crippen molar-refractivity contribution in [2.45, 2.75) is 32.5 Å². The molecule has 0 aliphatic carbocycles. The maximum Gasteiger partial charge on any atom is 0.417 e. The van der Waals surface area contributed by atoms with Crippen molar-refractivity contribution in [2.24, 2.45) is 0 Å². The molecule has 0 saturated carbocycles. The van der Waals surface area contributed by atoms with Crippen molar-refractivity contribution in [1.29, 1.82) is 0 Å². The second-order valence-corrected chi connectivity index (χ2v) is 7.37. The number of carbonyl (C=O) groups excluding carboxylic acids is 1. The fraction of sp³-hybridized carbons (Fsp3) is 0.333. The minimum atomic E-state index is -4.59. The van der Waals surface area contributed by atoms with E-state index >= 15 is 0 Å². The lowest BCUT2D eigenvalue weighted by atomic mass is 10.1. The van der Waals surface area contributed by atoms with E-state index in [1.54, 1.807) is 24.3 Å². The molecule has 3 rings (SSSR count). The number of imidazole rings is 1. The molecule has 31 heavy (non-hydrogen) atoms. The summed E-state index contributed by atoms with van der Waals surface area (Å²) in [5.74, 6) is -0.0211. The van der Waals surface area contributed by atoms with E-state index in [2.05, 4.69) is 4.98 Å². The van der Waals surface area contributed by atoms with Gasteiger partial charge >= 0.3 is 12.1 Å². The Bertz CT molecular complexity index is 1100. The molecular weight excluding hydrogens is 437 g/mol. The van der Waals surface area contributed by atoms with Crippen LogP contribution in [-0.4, -0.2) is 29.1 Å². The van der Waals surface area contributed by atoms with Crippen LogP contribution in [0.3, 0.4) is 0 Å². The molecule has 2 heterocycles. The minimum absolute atomic E-state index is 0.135. The number of carbonyl (C=O) groups is 1. The van der Waals surface area contributed by atoms with E-state index < -0.39 is 24.3 Å². The van der Waals surface area contributed by atoms with Gasteiger partial charge in [0.05, 0.1) is 29.1 Å². The Morgan fingerprint density at radius 1 is 1.23 bits per heavy atom. The Kier molecular flexibility index (Phi) is 6.64. The largest absolute Gasteiger partial charge is 0.493 e. The zero-order valence-electron chi connectivity index (χ0n) is 17.0. The van der Waals surface area contributed by atoms with Crippen molar-refractivity contribution in [3.05, 3.63) is 58.5 Å². The zero-order chi connectivity index (χ0) is 22.8. The second-order valence-electron chi connectivity index (χ2n) is 6.97. The fourth-order valence-electron chi connectivity index (χ4n) is 2.99. The van der Waals surface area contributed by atoms with Crippen LogP contribution in [-0.2, 0) is 22.3 Å². The maximum absolute atomic E-state index is 13.2. The van der Waals surface area contributed by atoms with Crippen LogP contribution in [0.2, 0.25) is 5.02 Å². The molecule has 0 unspecified atom stereocenters. The van der Waals surface area contributed by atoms with Gasteiger partial charge < -0.3 is 14.2 Å². The Hall–Kier alpha value is -2.94. The lowest BCUT2D eigenvalue weighted by Gasteiger charge is -2.12. The highest BCUT2D eigenvalue weighted by molar-refractivity contribution is 6.33. The number of pyridine rings is 1. The summed E-state index contributed by atoms with van der Waals surface area (Å²) < 4.78 is 56.7. The maximum atomic E-state index is 13.2. The normalized spacial score (nSPS) is 11.7. The van der Waals surface area contributed by atoms with Crippen LogP contribution < -0.4 is 9.47 Å². The molecule has 0 saturated heterocycles. The first-order valence-corrected chi connectivity index (χ1v) is 9.68. The van der Waals surface area contributed by atoms with Crippen LogP contribution >= 0.6 is 11.6 Å². The molecule has 1 aromatic carbocycles.